The minimum absolute atomic E-state index is 0.0570. The van der Waals surface area contributed by atoms with E-state index in [4.69, 9.17) is 9.47 Å². The summed E-state index contributed by atoms with van der Waals surface area (Å²) in [6.07, 6.45) is 5.98. The number of carbonyl (C=O) groups is 2. The molecule has 0 spiro atoms. The number of benzene rings is 2. The zero-order chi connectivity index (χ0) is 25.4. The molecule has 4 N–H and O–H groups in total. The molecule has 0 aliphatic carbocycles. The fraction of sp³-hybridized carbons (Fsp3) is 0.280. The van der Waals surface area contributed by atoms with E-state index in [1.54, 1.807) is 13.2 Å². The number of fused-ring (bicyclic) bond motifs is 2. The molecule has 0 saturated carbocycles. The molecule has 0 aliphatic heterocycles. The number of rotatable bonds is 9. The van der Waals surface area contributed by atoms with E-state index < -0.39 is 0 Å². The van der Waals surface area contributed by atoms with Crippen LogP contribution in [0.5, 0.6) is 11.5 Å². The number of nitrogens with one attached hydrogen (secondary N) is 4. The standard InChI is InChI=1S/C13H15FN2O2.C12H13BrN2O2/c1-8(17)15-4-3-9-7-16-12-6-11(14)13(18-2)5-10(9)12;1-17-12-4-9-8(2-3-14-7-16)6-15-11(9)5-10(12)13/h5-7,16H,3-4H2,1-2H3,(H,15,17);4-7,15H,2-3H2,1H3,(H,14,16). The molecule has 0 radical (unpaired) electrons. The van der Waals surface area contributed by atoms with Gasteiger partial charge in [0.25, 0.3) is 0 Å². The molecular formula is C25H28BrFN4O4. The van der Waals surface area contributed by atoms with Gasteiger partial charge in [0.2, 0.25) is 12.3 Å². The van der Waals surface area contributed by atoms with Gasteiger partial charge in [0.15, 0.2) is 11.6 Å². The van der Waals surface area contributed by atoms with Gasteiger partial charge in [-0.05, 0) is 58.1 Å². The van der Waals surface area contributed by atoms with Gasteiger partial charge in [-0.1, -0.05) is 0 Å². The maximum absolute atomic E-state index is 13.5. The van der Waals surface area contributed by atoms with E-state index in [1.807, 2.05) is 24.5 Å². The van der Waals surface area contributed by atoms with Crippen molar-refractivity contribution < 1.29 is 23.5 Å². The Kier molecular flexibility index (Phi) is 9.13. The number of carbonyl (C=O) groups excluding carboxylic acids is 2. The van der Waals surface area contributed by atoms with Crippen LogP contribution in [0.1, 0.15) is 18.1 Å². The summed E-state index contributed by atoms with van der Waals surface area (Å²) in [6, 6.07) is 7.07. The summed E-state index contributed by atoms with van der Waals surface area (Å²) in [5, 5.41) is 7.42. The highest BCUT2D eigenvalue weighted by Crippen LogP contribution is 2.31. The van der Waals surface area contributed by atoms with Crippen LogP contribution in [0.3, 0.4) is 0 Å². The summed E-state index contributed by atoms with van der Waals surface area (Å²) in [7, 11) is 3.08. The van der Waals surface area contributed by atoms with E-state index in [9.17, 15) is 14.0 Å². The second-order valence-electron chi connectivity index (χ2n) is 7.75. The minimum atomic E-state index is -0.389. The average Bonchev–Trinajstić information content (AvgIpc) is 3.41. The van der Waals surface area contributed by atoms with E-state index in [0.717, 1.165) is 44.0 Å². The summed E-state index contributed by atoms with van der Waals surface area (Å²) in [5.74, 6) is 0.586. The first-order chi connectivity index (χ1) is 16.9. The maximum atomic E-state index is 13.5. The molecule has 4 aromatic rings. The number of aromatic nitrogens is 2. The topological polar surface area (TPSA) is 108 Å². The van der Waals surface area contributed by atoms with Gasteiger partial charge in [-0.2, -0.15) is 0 Å². The van der Waals surface area contributed by atoms with E-state index in [-0.39, 0.29) is 17.5 Å². The fourth-order valence-corrected chi connectivity index (χ4v) is 4.23. The molecular weight excluding hydrogens is 519 g/mol. The smallest absolute Gasteiger partial charge is 0.216 e. The Hall–Kier alpha value is -3.53. The highest BCUT2D eigenvalue weighted by molar-refractivity contribution is 9.10. The van der Waals surface area contributed by atoms with Crippen molar-refractivity contribution in [1.29, 1.82) is 0 Å². The highest BCUT2D eigenvalue weighted by Gasteiger charge is 2.10. The van der Waals surface area contributed by atoms with Crippen LogP contribution in [0, 0.1) is 5.82 Å². The molecule has 0 fully saturated rings. The first-order valence-electron chi connectivity index (χ1n) is 11.0. The molecule has 0 saturated heterocycles. The quantitative estimate of drug-likeness (QED) is 0.186. The summed E-state index contributed by atoms with van der Waals surface area (Å²) >= 11 is 3.45. The molecule has 2 amide bonds. The third-order valence-corrected chi connectivity index (χ3v) is 6.09. The lowest BCUT2D eigenvalue weighted by atomic mass is 10.1. The van der Waals surface area contributed by atoms with Crippen molar-refractivity contribution >= 4 is 50.1 Å². The number of methoxy groups -OCH3 is 2. The van der Waals surface area contributed by atoms with Crippen molar-refractivity contribution in [3.05, 3.63) is 58.1 Å². The predicted molar refractivity (Wildman–Crippen MR) is 138 cm³/mol. The van der Waals surface area contributed by atoms with Crippen molar-refractivity contribution in [2.45, 2.75) is 19.8 Å². The van der Waals surface area contributed by atoms with Crippen LogP contribution in [0.4, 0.5) is 4.39 Å². The van der Waals surface area contributed by atoms with Gasteiger partial charge < -0.3 is 30.1 Å². The highest BCUT2D eigenvalue weighted by atomic mass is 79.9. The van der Waals surface area contributed by atoms with Crippen molar-refractivity contribution in [2.75, 3.05) is 27.3 Å². The van der Waals surface area contributed by atoms with E-state index >= 15 is 0 Å². The molecule has 2 aromatic heterocycles. The predicted octanol–water partition coefficient (Wildman–Crippen LogP) is 4.22. The maximum Gasteiger partial charge on any atom is 0.216 e. The third-order valence-electron chi connectivity index (χ3n) is 5.47. The van der Waals surface area contributed by atoms with Crippen LogP contribution in [0.15, 0.2) is 41.1 Å². The number of amides is 2. The van der Waals surface area contributed by atoms with Gasteiger partial charge in [-0.25, -0.2) is 4.39 Å². The molecule has 0 unspecified atom stereocenters. The summed E-state index contributed by atoms with van der Waals surface area (Å²) in [6.45, 7) is 2.67. The van der Waals surface area contributed by atoms with Crippen molar-refractivity contribution in [2.24, 2.45) is 0 Å². The lowest BCUT2D eigenvalue weighted by molar-refractivity contribution is -0.119. The molecule has 0 aliphatic rings. The fourth-order valence-electron chi connectivity index (χ4n) is 3.73. The zero-order valence-electron chi connectivity index (χ0n) is 19.8. The molecule has 4 rings (SSSR count). The van der Waals surface area contributed by atoms with Gasteiger partial charge in [-0.15, -0.1) is 0 Å². The van der Waals surface area contributed by atoms with Crippen molar-refractivity contribution in [3.8, 4) is 11.5 Å². The molecule has 186 valence electrons. The second kappa shape index (κ2) is 12.3. The van der Waals surface area contributed by atoms with Crippen molar-refractivity contribution in [1.82, 2.24) is 20.6 Å². The molecule has 2 aromatic carbocycles. The summed E-state index contributed by atoms with van der Waals surface area (Å²) in [5.41, 5.74) is 3.97. The number of ether oxygens (including phenoxy) is 2. The first kappa shape index (κ1) is 26.1. The number of halogens is 2. The normalized spacial score (nSPS) is 10.5. The Labute approximate surface area is 210 Å². The van der Waals surface area contributed by atoms with Crippen LogP contribution in [0.25, 0.3) is 21.8 Å². The van der Waals surface area contributed by atoms with Gasteiger partial charge >= 0.3 is 0 Å². The Morgan fingerprint density at radius 2 is 1.54 bits per heavy atom. The van der Waals surface area contributed by atoms with E-state index in [0.29, 0.717) is 25.9 Å². The van der Waals surface area contributed by atoms with E-state index in [1.165, 1.54) is 25.7 Å². The molecule has 10 heteroatoms. The molecule has 0 bridgehead atoms. The van der Waals surface area contributed by atoms with Crippen LogP contribution in [0.2, 0.25) is 0 Å². The molecule has 8 nitrogen and oxygen atoms in total. The summed E-state index contributed by atoms with van der Waals surface area (Å²) < 4.78 is 24.6. The molecule has 2 heterocycles. The molecule has 35 heavy (non-hydrogen) atoms. The Morgan fingerprint density at radius 1 is 0.971 bits per heavy atom. The number of H-pyrrole nitrogens is 2. The van der Waals surface area contributed by atoms with Gasteiger partial charge in [0.05, 0.1) is 18.7 Å². The average molecular weight is 547 g/mol. The lowest BCUT2D eigenvalue weighted by Gasteiger charge is -2.04. The van der Waals surface area contributed by atoms with Crippen molar-refractivity contribution in [3.63, 3.8) is 0 Å². The number of hydrogen-bond donors (Lipinski definition) is 4. The Balaban J connectivity index is 0.000000196. The third kappa shape index (κ3) is 6.54. The van der Waals surface area contributed by atoms with Gasteiger partial charge in [-0.3, -0.25) is 9.59 Å². The zero-order valence-corrected chi connectivity index (χ0v) is 21.3. The van der Waals surface area contributed by atoms with Crippen LogP contribution >= 0.6 is 15.9 Å². The minimum Gasteiger partial charge on any atom is -0.496 e. The number of aromatic amines is 2. The first-order valence-corrected chi connectivity index (χ1v) is 11.8. The Bertz CT molecular complexity index is 1320. The second-order valence-corrected chi connectivity index (χ2v) is 8.60. The number of hydrogen-bond acceptors (Lipinski definition) is 4. The largest absolute Gasteiger partial charge is 0.496 e. The SMILES string of the molecule is COc1cc2c(CCNC(C)=O)c[nH]c2cc1F.COc1cc2c(CCNC=O)c[nH]c2cc1Br. The van der Waals surface area contributed by atoms with Crippen LogP contribution in [-0.2, 0) is 22.4 Å². The van der Waals surface area contributed by atoms with Gasteiger partial charge in [0.1, 0.15) is 5.75 Å². The van der Waals surface area contributed by atoms with Crippen LogP contribution in [-0.4, -0.2) is 49.6 Å². The van der Waals surface area contributed by atoms with E-state index in [2.05, 4.69) is 36.5 Å². The summed E-state index contributed by atoms with van der Waals surface area (Å²) in [4.78, 5) is 27.2. The Morgan fingerprint density at radius 3 is 2.11 bits per heavy atom. The monoisotopic (exact) mass is 546 g/mol. The van der Waals surface area contributed by atoms with Gasteiger partial charge in [0, 0.05) is 60.3 Å². The molecule has 0 atom stereocenters. The lowest BCUT2D eigenvalue weighted by Crippen LogP contribution is -2.22. The van der Waals surface area contributed by atoms with Crippen LogP contribution < -0.4 is 20.1 Å².